The molecule has 2 nitrogen and oxygen atoms in total. The molecule has 0 spiro atoms. The number of rotatable bonds is 0. The van der Waals surface area contributed by atoms with Gasteiger partial charge in [0.2, 0.25) is 0 Å². The summed E-state index contributed by atoms with van der Waals surface area (Å²) < 4.78 is 6.20. The molecule has 0 saturated heterocycles. The molecule has 0 fully saturated rings. The number of hydrogen-bond donors (Lipinski definition) is 1. The Morgan fingerprint density at radius 3 is 2.86 bits per heavy atom. The first-order valence-corrected chi connectivity index (χ1v) is 8.43. The van der Waals surface area contributed by atoms with E-state index in [0.717, 1.165) is 23.2 Å². The van der Waals surface area contributed by atoms with Gasteiger partial charge < -0.3 is 9.52 Å². The third kappa shape index (κ3) is 1.93. The molecule has 4 rings (SSSR count). The molecule has 1 heterocycles. The zero-order valence-corrected chi connectivity index (χ0v) is 13.6. The Bertz CT molecular complexity index is 763. The van der Waals surface area contributed by atoms with Crippen molar-refractivity contribution in [3.05, 3.63) is 35.6 Å². The standard InChI is InChI=1S/C20H24O2/c1-12-6-8-16-14(5-4-10-20(16,2)3)18-15-11-13(21)7-9-17(15)22-19(12)18/h5,7,9,11-12,16,21H,4,6,8,10H2,1-3H3/t12-,16?/m1/s1. The van der Waals surface area contributed by atoms with E-state index in [1.807, 2.05) is 12.1 Å². The van der Waals surface area contributed by atoms with E-state index in [0.29, 0.717) is 23.0 Å². The van der Waals surface area contributed by atoms with Crippen molar-refractivity contribution in [3.8, 4) is 5.75 Å². The molecule has 0 saturated carbocycles. The van der Waals surface area contributed by atoms with Crippen LogP contribution in [-0.4, -0.2) is 5.11 Å². The maximum absolute atomic E-state index is 9.92. The molecule has 2 aromatic rings. The second kappa shape index (κ2) is 4.65. The van der Waals surface area contributed by atoms with Crippen molar-refractivity contribution in [3.63, 3.8) is 0 Å². The highest BCUT2D eigenvalue weighted by Gasteiger charge is 2.39. The van der Waals surface area contributed by atoms with Gasteiger partial charge in [-0.2, -0.15) is 0 Å². The van der Waals surface area contributed by atoms with E-state index in [9.17, 15) is 5.11 Å². The number of hydrogen-bond acceptors (Lipinski definition) is 2. The third-order valence-electron chi connectivity index (χ3n) is 5.80. The number of fused-ring (bicyclic) bond motifs is 5. The molecule has 1 N–H and O–H groups in total. The molecule has 0 bridgehead atoms. The van der Waals surface area contributed by atoms with Gasteiger partial charge in [0, 0.05) is 16.9 Å². The SMILES string of the molecule is C[C@@H]1CCC2C(=CCCC2(C)C)c2c1oc1ccc(O)cc21. The van der Waals surface area contributed by atoms with Crippen molar-refractivity contribution < 1.29 is 9.52 Å². The maximum Gasteiger partial charge on any atom is 0.135 e. The molecule has 2 heteroatoms. The second-order valence-corrected chi connectivity index (χ2v) is 7.74. The minimum atomic E-state index is 0.320. The van der Waals surface area contributed by atoms with Gasteiger partial charge in [0.25, 0.3) is 0 Å². The Kier molecular flexibility index (Phi) is 2.94. The monoisotopic (exact) mass is 296 g/mol. The third-order valence-corrected chi connectivity index (χ3v) is 5.80. The summed E-state index contributed by atoms with van der Waals surface area (Å²) in [5.41, 5.74) is 3.97. The molecule has 2 atom stereocenters. The van der Waals surface area contributed by atoms with Crippen molar-refractivity contribution in [2.24, 2.45) is 11.3 Å². The fraction of sp³-hybridized carbons (Fsp3) is 0.500. The predicted molar refractivity (Wildman–Crippen MR) is 90.0 cm³/mol. The molecule has 1 aromatic heterocycles. The highest BCUT2D eigenvalue weighted by atomic mass is 16.3. The van der Waals surface area contributed by atoms with Crippen LogP contribution in [0.2, 0.25) is 0 Å². The van der Waals surface area contributed by atoms with Gasteiger partial charge >= 0.3 is 0 Å². The van der Waals surface area contributed by atoms with Gasteiger partial charge in [-0.15, -0.1) is 0 Å². The lowest BCUT2D eigenvalue weighted by Crippen LogP contribution is -2.27. The van der Waals surface area contributed by atoms with E-state index in [2.05, 4.69) is 26.8 Å². The first kappa shape index (κ1) is 13.9. The topological polar surface area (TPSA) is 33.4 Å². The highest BCUT2D eigenvalue weighted by molar-refractivity contribution is 5.94. The Balaban J connectivity index is 2.01. The Labute approximate surface area is 131 Å². The van der Waals surface area contributed by atoms with Gasteiger partial charge in [-0.05, 0) is 60.8 Å². The summed E-state index contributed by atoms with van der Waals surface area (Å²) in [6.45, 7) is 7.08. The number of aromatic hydroxyl groups is 1. The molecule has 0 radical (unpaired) electrons. The molecule has 1 unspecified atom stereocenters. The Morgan fingerprint density at radius 1 is 1.23 bits per heavy atom. The second-order valence-electron chi connectivity index (χ2n) is 7.74. The van der Waals surface area contributed by atoms with Crippen LogP contribution in [0.25, 0.3) is 16.5 Å². The summed E-state index contributed by atoms with van der Waals surface area (Å²) in [4.78, 5) is 0. The van der Waals surface area contributed by atoms with Crippen molar-refractivity contribution in [2.75, 3.05) is 0 Å². The van der Waals surface area contributed by atoms with Crippen molar-refractivity contribution in [1.82, 2.24) is 0 Å². The summed E-state index contributed by atoms with van der Waals surface area (Å²) >= 11 is 0. The first-order valence-electron chi connectivity index (χ1n) is 8.43. The van der Waals surface area contributed by atoms with Crippen LogP contribution in [0.3, 0.4) is 0 Å². The van der Waals surface area contributed by atoms with E-state index in [1.54, 1.807) is 6.07 Å². The molecule has 116 valence electrons. The van der Waals surface area contributed by atoms with Crippen LogP contribution in [0.15, 0.2) is 28.7 Å². The largest absolute Gasteiger partial charge is 0.508 e. The minimum absolute atomic E-state index is 0.320. The highest BCUT2D eigenvalue weighted by Crippen LogP contribution is 2.53. The first-order chi connectivity index (χ1) is 10.5. The van der Waals surface area contributed by atoms with Crippen molar-refractivity contribution in [2.45, 2.75) is 52.4 Å². The van der Waals surface area contributed by atoms with Gasteiger partial charge in [-0.1, -0.05) is 26.8 Å². The van der Waals surface area contributed by atoms with Crippen LogP contribution < -0.4 is 0 Å². The number of allylic oxidation sites excluding steroid dienone is 2. The van der Waals surface area contributed by atoms with E-state index >= 15 is 0 Å². The maximum atomic E-state index is 9.92. The number of benzene rings is 1. The van der Waals surface area contributed by atoms with Crippen LogP contribution in [0.4, 0.5) is 0 Å². The Hall–Kier alpha value is -1.70. The van der Waals surface area contributed by atoms with Crippen LogP contribution in [0.5, 0.6) is 5.75 Å². The fourth-order valence-electron chi connectivity index (χ4n) is 4.46. The smallest absolute Gasteiger partial charge is 0.135 e. The normalized spacial score (nSPS) is 27.0. The van der Waals surface area contributed by atoms with Crippen LogP contribution in [0, 0.1) is 11.3 Å². The van der Waals surface area contributed by atoms with E-state index in [4.69, 9.17) is 4.42 Å². The average molecular weight is 296 g/mol. The van der Waals surface area contributed by atoms with Crippen LogP contribution >= 0.6 is 0 Å². The molecule has 2 aliphatic carbocycles. The molecule has 0 aliphatic heterocycles. The van der Waals surface area contributed by atoms with E-state index in [-0.39, 0.29) is 0 Å². The minimum Gasteiger partial charge on any atom is -0.508 e. The molecular formula is C20H24O2. The molecule has 2 aliphatic rings. The quantitative estimate of drug-likeness (QED) is 0.661. The lowest BCUT2D eigenvalue weighted by Gasteiger charge is -2.39. The van der Waals surface area contributed by atoms with Gasteiger partial charge in [0.05, 0.1) is 0 Å². The molecule has 1 aromatic carbocycles. The van der Waals surface area contributed by atoms with Gasteiger partial charge in [0.1, 0.15) is 17.1 Å². The molecular weight excluding hydrogens is 272 g/mol. The Morgan fingerprint density at radius 2 is 2.05 bits per heavy atom. The van der Waals surface area contributed by atoms with Gasteiger partial charge in [-0.3, -0.25) is 0 Å². The van der Waals surface area contributed by atoms with E-state index < -0.39 is 0 Å². The lowest BCUT2D eigenvalue weighted by molar-refractivity contribution is 0.223. The number of phenolic OH excluding ortho intramolecular Hbond substituents is 1. The summed E-state index contributed by atoms with van der Waals surface area (Å²) in [6.07, 6.45) is 7.21. The van der Waals surface area contributed by atoms with Gasteiger partial charge in [-0.25, -0.2) is 0 Å². The summed E-state index contributed by atoms with van der Waals surface area (Å²) in [6, 6.07) is 5.48. The van der Waals surface area contributed by atoms with Crippen molar-refractivity contribution in [1.29, 1.82) is 0 Å². The van der Waals surface area contributed by atoms with Crippen molar-refractivity contribution >= 4 is 16.5 Å². The molecule has 0 amide bonds. The number of furan rings is 1. The fourth-order valence-corrected chi connectivity index (χ4v) is 4.46. The van der Waals surface area contributed by atoms with Crippen LogP contribution in [-0.2, 0) is 0 Å². The van der Waals surface area contributed by atoms with E-state index in [1.165, 1.54) is 30.4 Å². The summed E-state index contributed by atoms with van der Waals surface area (Å²) in [7, 11) is 0. The predicted octanol–water partition coefficient (Wildman–Crippen LogP) is 5.86. The molecule has 22 heavy (non-hydrogen) atoms. The van der Waals surface area contributed by atoms with Gasteiger partial charge in [0.15, 0.2) is 0 Å². The zero-order chi connectivity index (χ0) is 15.5. The average Bonchev–Trinajstić information content (AvgIpc) is 2.76. The zero-order valence-electron chi connectivity index (χ0n) is 13.6. The number of phenols is 1. The van der Waals surface area contributed by atoms with Crippen LogP contribution in [0.1, 0.15) is 63.7 Å². The summed E-state index contributed by atoms with van der Waals surface area (Å²) in [5, 5.41) is 11.0. The summed E-state index contributed by atoms with van der Waals surface area (Å²) in [5.74, 6) is 2.47. The lowest BCUT2D eigenvalue weighted by atomic mass is 9.66.